The number of nitrogens with zero attached hydrogens (tertiary/aromatic N) is 1. The number of hydrogen-bond acceptors (Lipinski definition) is 3. The van der Waals surface area contributed by atoms with E-state index in [1.54, 1.807) is 4.90 Å². The van der Waals surface area contributed by atoms with Gasteiger partial charge in [-0.1, -0.05) is 13.3 Å². The Bertz CT molecular complexity index is 338. The first-order valence-corrected chi connectivity index (χ1v) is 7.45. The van der Waals surface area contributed by atoms with Crippen molar-refractivity contribution in [2.24, 2.45) is 11.7 Å². The lowest BCUT2D eigenvalue weighted by Crippen LogP contribution is -2.47. The summed E-state index contributed by atoms with van der Waals surface area (Å²) in [7, 11) is 0. The summed E-state index contributed by atoms with van der Waals surface area (Å²) in [5, 5.41) is 3.00. The van der Waals surface area contributed by atoms with Crippen LogP contribution in [0.4, 0.5) is 0 Å². The van der Waals surface area contributed by atoms with E-state index in [0.717, 1.165) is 32.1 Å². The van der Waals surface area contributed by atoms with Crippen LogP contribution in [0.3, 0.4) is 0 Å². The lowest BCUT2D eigenvalue weighted by molar-refractivity contribution is -0.139. The number of carbonyl (C=O) groups excluding carboxylic acids is 2. The van der Waals surface area contributed by atoms with Crippen LogP contribution in [0.1, 0.15) is 45.4 Å². The van der Waals surface area contributed by atoms with Crippen LogP contribution in [0.25, 0.3) is 0 Å². The molecule has 5 nitrogen and oxygen atoms in total. The summed E-state index contributed by atoms with van der Waals surface area (Å²) < 4.78 is 0. The molecule has 2 atom stereocenters. The Morgan fingerprint density at radius 2 is 2.11 bits per heavy atom. The summed E-state index contributed by atoms with van der Waals surface area (Å²) in [6.07, 6.45) is 5.27. The molecule has 1 heterocycles. The summed E-state index contributed by atoms with van der Waals surface area (Å²) >= 11 is 0. The minimum Gasteiger partial charge on any atom is -0.352 e. The molecule has 2 unspecified atom stereocenters. The van der Waals surface area contributed by atoms with Crippen molar-refractivity contribution in [2.45, 2.75) is 57.5 Å². The van der Waals surface area contributed by atoms with Crippen LogP contribution in [0.15, 0.2) is 0 Å². The van der Waals surface area contributed by atoms with Gasteiger partial charge in [0, 0.05) is 19.0 Å². The number of nitrogens with two attached hydrogens (primary N) is 1. The van der Waals surface area contributed by atoms with E-state index in [0.29, 0.717) is 25.6 Å². The second-order valence-electron chi connectivity index (χ2n) is 5.74. The lowest BCUT2D eigenvalue weighted by atomic mass is 10.0. The SMILES string of the molecule is CCC(CN)CC(=O)N1CCCC1C(=O)NC1CC1. The number of hydrogen-bond donors (Lipinski definition) is 2. The van der Waals surface area contributed by atoms with Crippen LogP contribution in [0.5, 0.6) is 0 Å². The van der Waals surface area contributed by atoms with Gasteiger partial charge in [-0.3, -0.25) is 9.59 Å². The van der Waals surface area contributed by atoms with Gasteiger partial charge in [-0.2, -0.15) is 0 Å². The van der Waals surface area contributed by atoms with Crippen molar-refractivity contribution >= 4 is 11.8 Å². The quantitative estimate of drug-likeness (QED) is 0.741. The molecule has 0 radical (unpaired) electrons. The van der Waals surface area contributed by atoms with Gasteiger partial charge in [0.05, 0.1) is 0 Å². The van der Waals surface area contributed by atoms with Gasteiger partial charge in [0.15, 0.2) is 0 Å². The van der Waals surface area contributed by atoms with Crippen LogP contribution < -0.4 is 11.1 Å². The highest BCUT2D eigenvalue weighted by atomic mass is 16.2. The van der Waals surface area contributed by atoms with Crippen molar-refractivity contribution in [1.82, 2.24) is 10.2 Å². The average Bonchev–Trinajstić information content (AvgIpc) is 3.08. The summed E-state index contributed by atoms with van der Waals surface area (Å²) in [6, 6.07) is 0.112. The third-order valence-electron chi connectivity index (χ3n) is 4.17. The second kappa shape index (κ2) is 6.37. The molecule has 0 bridgehead atoms. The molecule has 3 N–H and O–H groups in total. The molecule has 5 heteroatoms. The number of amides is 2. The van der Waals surface area contributed by atoms with E-state index in [2.05, 4.69) is 5.32 Å². The predicted molar refractivity (Wildman–Crippen MR) is 73.4 cm³/mol. The number of carbonyl (C=O) groups is 2. The summed E-state index contributed by atoms with van der Waals surface area (Å²) in [5.74, 6) is 0.361. The standard InChI is InChI=1S/C14H25N3O2/c1-2-10(9-15)8-13(18)17-7-3-4-12(17)14(19)16-11-5-6-11/h10-12H,2-9,15H2,1H3,(H,16,19). The Morgan fingerprint density at radius 1 is 1.37 bits per heavy atom. The molecule has 1 aliphatic carbocycles. The number of likely N-dealkylation sites (tertiary alicyclic amines) is 1. The summed E-state index contributed by atoms with van der Waals surface area (Å²) in [5.41, 5.74) is 5.65. The molecule has 2 aliphatic rings. The maximum atomic E-state index is 12.3. The maximum absolute atomic E-state index is 12.3. The predicted octanol–water partition coefficient (Wildman–Crippen LogP) is 0.631. The Kier molecular flexibility index (Phi) is 4.80. The van der Waals surface area contributed by atoms with Crippen LogP contribution in [0.2, 0.25) is 0 Å². The molecule has 1 saturated carbocycles. The zero-order chi connectivity index (χ0) is 13.8. The van der Waals surface area contributed by atoms with Gasteiger partial charge < -0.3 is 16.0 Å². The zero-order valence-electron chi connectivity index (χ0n) is 11.7. The molecule has 0 aromatic carbocycles. The first-order chi connectivity index (χ1) is 9.15. The molecule has 19 heavy (non-hydrogen) atoms. The Labute approximate surface area is 114 Å². The molecule has 1 saturated heterocycles. The fourth-order valence-electron chi connectivity index (χ4n) is 2.62. The molecule has 1 aliphatic heterocycles. The Hall–Kier alpha value is -1.10. The van der Waals surface area contributed by atoms with Crippen molar-refractivity contribution in [1.29, 1.82) is 0 Å². The van der Waals surface area contributed by atoms with Crippen molar-refractivity contribution in [3.05, 3.63) is 0 Å². The molecular formula is C14H25N3O2. The largest absolute Gasteiger partial charge is 0.352 e. The topological polar surface area (TPSA) is 75.4 Å². The molecule has 2 rings (SSSR count). The lowest BCUT2D eigenvalue weighted by Gasteiger charge is -2.25. The highest BCUT2D eigenvalue weighted by molar-refractivity contribution is 5.88. The molecule has 0 aromatic heterocycles. The van der Waals surface area contributed by atoms with Gasteiger partial charge in [0.2, 0.25) is 11.8 Å². The molecule has 2 fully saturated rings. The van der Waals surface area contributed by atoms with Crippen molar-refractivity contribution in [3.8, 4) is 0 Å². The van der Waals surface area contributed by atoms with Crippen LogP contribution >= 0.6 is 0 Å². The van der Waals surface area contributed by atoms with Crippen LogP contribution in [0, 0.1) is 5.92 Å². The monoisotopic (exact) mass is 267 g/mol. The highest BCUT2D eigenvalue weighted by Crippen LogP contribution is 2.23. The van der Waals surface area contributed by atoms with Crippen molar-refractivity contribution in [3.63, 3.8) is 0 Å². The fourth-order valence-corrected chi connectivity index (χ4v) is 2.62. The normalized spacial score (nSPS) is 24.3. The van der Waals surface area contributed by atoms with Crippen molar-refractivity contribution < 1.29 is 9.59 Å². The van der Waals surface area contributed by atoms with Crippen LogP contribution in [-0.4, -0.2) is 41.9 Å². The van der Waals surface area contributed by atoms with E-state index in [-0.39, 0.29) is 23.8 Å². The molecule has 2 amide bonds. The zero-order valence-corrected chi connectivity index (χ0v) is 11.7. The first-order valence-electron chi connectivity index (χ1n) is 7.45. The van der Waals surface area contributed by atoms with E-state index in [1.165, 1.54) is 0 Å². The highest BCUT2D eigenvalue weighted by Gasteiger charge is 2.36. The fraction of sp³-hybridized carbons (Fsp3) is 0.857. The van der Waals surface area contributed by atoms with E-state index in [1.807, 2.05) is 6.92 Å². The minimum atomic E-state index is -0.247. The van der Waals surface area contributed by atoms with Gasteiger partial charge in [0.1, 0.15) is 6.04 Å². The maximum Gasteiger partial charge on any atom is 0.243 e. The Balaban J connectivity index is 1.89. The molecule has 0 spiro atoms. The van der Waals surface area contributed by atoms with Gasteiger partial charge >= 0.3 is 0 Å². The third kappa shape index (κ3) is 3.69. The van der Waals surface area contributed by atoms with Crippen molar-refractivity contribution in [2.75, 3.05) is 13.1 Å². The summed E-state index contributed by atoms with van der Waals surface area (Å²) in [4.78, 5) is 26.1. The Morgan fingerprint density at radius 3 is 2.68 bits per heavy atom. The third-order valence-corrected chi connectivity index (χ3v) is 4.17. The van der Waals surface area contributed by atoms with E-state index >= 15 is 0 Å². The van der Waals surface area contributed by atoms with E-state index in [4.69, 9.17) is 5.73 Å². The average molecular weight is 267 g/mol. The molecular weight excluding hydrogens is 242 g/mol. The first kappa shape index (κ1) is 14.3. The van der Waals surface area contributed by atoms with Gasteiger partial charge in [0.25, 0.3) is 0 Å². The minimum absolute atomic E-state index is 0.0362. The van der Waals surface area contributed by atoms with Gasteiger partial charge in [-0.05, 0) is 38.1 Å². The van der Waals surface area contributed by atoms with E-state index < -0.39 is 0 Å². The smallest absolute Gasteiger partial charge is 0.243 e. The van der Waals surface area contributed by atoms with Crippen LogP contribution in [-0.2, 0) is 9.59 Å². The molecule has 108 valence electrons. The van der Waals surface area contributed by atoms with Gasteiger partial charge in [-0.15, -0.1) is 0 Å². The van der Waals surface area contributed by atoms with E-state index in [9.17, 15) is 9.59 Å². The number of nitrogens with one attached hydrogen (secondary N) is 1. The number of rotatable bonds is 6. The second-order valence-corrected chi connectivity index (χ2v) is 5.74. The molecule has 0 aromatic rings. The summed E-state index contributed by atoms with van der Waals surface area (Å²) in [6.45, 7) is 3.30. The van der Waals surface area contributed by atoms with Gasteiger partial charge in [-0.25, -0.2) is 0 Å².